The van der Waals surface area contributed by atoms with Crippen molar-refractivity contribution in [2.45, 2.75) is 6.92 Å². The number of nitriles is 1. The summed E-state index contributed by atoms with van der Waals surface area (Å²) in [4.78, 5) is 0. The molecule has 16 heavy (non-hydrogen) atoms. The molecular weight excluding hydrogens is 224 g/mol. The van der Waals surface area contributed by atoms with Gasteiger partial charge >= 0.3 is 0 Å². The smallest absolute Gasteiger partial charge is 0.121 e. The van der Waals surface area contributed by atoms with E-state index in [1.807, 2.05) is 25.1 Å². The summed E-state index contributed by atoms with van der Waals surface area (Å²) in [6.07, 6.45) is 0. The van der Waals surface area contributed by atoms with E-state index in [9.17, 15) is 0 Å². The zero-order valence-corrected chi connectivity index (χ0v) is 9.84. The summed E-state index contributed by atoms with van der Waals surface area (Å²) in [5, 5.41) is 13.0. The predicted molar refractivity (Wildman–Crippen MR) is 63.5 cm³/mol. The molecule has 1 aliphatic rings. The van der Waals surface area contributed by atoms with Crippen molar-refractivity contribution in [2.24, 2.45) is 5.41 Å². The predicted octanol–water partition coefficient (Wildman–Crippen LogP) is 2.60. The van der Waals surface area contributed by atoms with E-state index in [-0.39, 0.29) is 5.41 Å². The molecule has 0 radical (unpaired) electrons. The molecule has 1 aliphatic heterocycles. The van der Waals surface area contributed by atoms with Crippen LogP contribution < -0.4 is 5.32 Å². The normalized spacial score (nSPS) is 17.3. The molecule has 0 atom stereocenters. The Labute approximate surface area is 100.0 Å². The van der Waals surface area contributed by atoms with Gasteiger partial charge in [0.25, 0.3) is 0 Å². The van der Waals surface area contributed by atoms with E-state index in [2.05, 4.69) is 11.4 Å². The monoisotopic (exact) mass is 236 g/mol. The van der Waals surface area contributed by atoms with Crippen LogP contribution in [-0.2, 0) is 4.74 Å². The van der Waals surface area contributed by atoms with Gasteiger partial charge in [0.05, 0.1) is 19.3 Å². The van der Waals surface area contributed by atoms with Gasteiger partial charge in [-0.15, -0.1) is 0 Å². The molecular formula is C12H13ClN2O. The van der Waals surface area contributed by atoms with Crippen LogP contribution in [-0.4, -0.2) is 19.8 Å². The first-order valence-corrected chi connectivity index (χ1v) is 5.53. The van der Waals surface area contributed by atoms with E-state index in [1.165, 1.54) is 0 Å². The number of hydrogen-bond acceptors (Lipinski definition) is 3. The highest BCUT2D eigenvalue weighted by molar-refractivity contribution is 6.31. The first kappa shape index (κ1) is 11.3. The Balaban J connectivity index is 2.05. The minimum Gasteiger partial charge on any atom is -0.383 e. The van der Waals surface area contributed by atoms with Gasteiger partial charge in [-0.25, -0.2) is 0 Å². The molecule has 3 nitrogen and oxygen atoms in total. The first-order chi connectivity index (χ1) is 7.67. The van der Waals surface area contributed by atoms with Gasteiger partial charge in [0, 0.05) is 17.3 Å². The third-order valence-corrected chi connectivity index (χ3v) is 3.29. The van der Waals surface area contributed by atoms with E-state index >= 15 is 0 Å². The average Bonchev–Trinajstić information content (AvgIpc) is 2.23. The van der Waals surface area contributed by atoms with Gasteiger partial charge in [0.1, 0.15) is 5.41 Å². The molecule has 4 heteroatoms. The molecule has 0 aliphatic carbocycles. The lowest BCUT2D eigenvalue weighted by Gasteiger charge is -2.35. The zero-order valence-electron chi connectivity index (χ0n) is 9.09. The number of ether oxygens (including phenoxy) is 1. The summed E-state index contributed by atoms with van der Waals surface area (Å²) in [5.41, 5.74) is 1.63. The number of hydrogen-bond donors (Lipinski definition) is 1. The van der Waals surface area contributed by atoms with E-state index in [0.717, 1.165) is 16.3 Å². The van der Waals surface area contributed by atoms with Crippen LogP contribution in [0, 0.1) is 23.7 Å². The Kier molecular flexibility index (Phi) is 3.04. The van der Waals surface area contributed by atoms with Crippen LogP contribution >= 0.6 is 11.6 Å². The second-order valence-electron chi connectivity index (χ2n) is 4.15. The summed E-state index contributed by atoms with van der Waals surface area (Å²) in [6.45, 7) is 3.58. The van der Waals surface area contributed by atoms with Crippen LogP contribution in [0.3, 0.4) is 0 Å². The summed E-state index contributed by atoms with van der Waals surface area (Å²) >= 11 is 6.02. The third-order valence-electron chi connectivity index (χ3n) is 2.88. The highest BCUT2D eigenvalue weighted by Gasteiger charge is 2.38. The number of rotatable bonds is 3. The Morgan fingerprint density at radius 2 is 2.31 bits per heavy atom. The van der Waals surface area contributed by atoms with Crippen molar-refractivity contribution in [1.82, 2.24) is 0 Å². The van der Waals surface area contributed by atoms with Gasteiger partial charge in [-0.1, -0.05) is 17.7 Å². The molecule has 1 aromatic rings. The summed E-state index contributed by atoms with van der Waals surface area (Å²) in [7, 11) is 0. The van der Waals surface area contributed by atoms with E-state index < -0.39 is 0 Å². The van der Waals surface area contributed by atoms with Crippen molar-refractivity contribution in [1.29, 1.82) is 5.26 Å². The van der Waals surface area contributed by atoms with Crippen LogP contribution in [0.4, 0.5) is 5.69 Å². The average molecular weight is 237 g/mol. The van der Waals surface area contributed by atoms with Crippen LogP contribution in [0.1, 0.15) is 5.56 Å². The molecule has 1 N–H and O–H groups in total. The number of anilines is 1. The Morgan fingerprint density at radius 1 is 1.56 bits per heavy atom. The molecule has 1 saturated heterocycles. The van der Waals surface area contributed by atoms with Gasteiger partial charge in [-0.3, -0.25) is 0 Å². The van der Waals surface area contributed by atoms with Crippen LogP contribution in [0.15, 0.2) is 18.2 Å². The van der Waals surface area contributed by atoms with Crippen molar-refractivity contribution in [2.75, 3.05) is 25.1 Å². The summed E-state index contributed by atoms with van der Waals surface area (Å²) in [6, 6.07) is 8.02. The van der Waals surface area contributed by atoms with Gasteiger partial charge in [-0.05, 0) is 24.6 Å². The molecule has 0 spiro atoms. The van der Waals surface area contributed by atoms with Crippen LogP contribution in [0.2, 0.25) is 5.02 Å². The standard InChI is InChI=1S/C12H13ClN2O/c1-9-10(13)3-2-4-11(9)15-6-12(5-14)7-16-8-12/h2-4,15H,6-8H2,1H3. The number of nitrogens with one attached hydrogen (secondary N) is 1. The second-order valence-corrected chi connectivity index (χ2v) is 4.56. The summed E-state index contributed by atoms with van der Waals surface area (Å²) in [5.74, 6) is 0. The zero-order chi connectivity index (χ0) is 11.6. The lowest BCUT2D eigenvalue weighted by atomic mass is 9.88. The SMILES string of the molecule is Cc1c(Cl)cccc1NCC1(C#N)COC1. The largest absolute Gasteiger partial charge is 0.383 e. The van der Waals surface area contributed by atoms with Gasteiger partial charge in [0.2, 0.25) is 0 Å². The third kappa shape index (κ3) is 1.99. The fourth-order valence-electron chi connectivity index (χ4n) is 1.62. The quantitative estimate of drug-likeness (QED) is 0.878. The van der Waals surface area contributed by atoms with Crippen molar-refractivity contribution < 1.29 is 4.74 Å². The molecule has 0 bridgehead atoms. The molecule has 0 amide bonds. The van der Waals surface area contributed by atoms with E-state index in [4.69, 9.17) is 21.6 Å². The first-order valence-electron chi connectivity index (χ1n) is 5.15. The Morgan fingerprint density at radius 3 is 2.88 bits per heavy atom. The molecule has 1 fully saturated rings. The molecule has 0 unspecified atom stereocenters. The molecule has 2 rings (SSSR count). The molecule has 0 aromatic heterocycles. The van der Waals surface area contributed by atoms with Crippen LogP contribution in [0.5, 0.6) is 0 Å². The van der Waals surface area contributed by atoms with Crippen molar-refractivity contribution in [3.05, 3.63) is 28.8 Å². The maximum atomic E-state index is 9.04. The maximum absolute atomic E-state index is 9.04. The minimum atomic E-state index is -0.366. The number of halogens is 1. The van der Waals surface area contributed by atoms with E-state index in [0.29, 0.717) is 19.8 Å². The van der Waals surface area contributed by atoms with Crippen molar-refractivity contribution in [3.63, 3.8) is 0 Å². The minimum absolute atomic E-state index is 0.366. The van der Waals surface area contributed by atoms with Crippen LogP contribution in [0.25, 0.3) is 0 Å². The molecule has 84 valence electrons. The Hall–Kier alpha value is -1.24. The van der Waals surface area contributed by atoms with Crippen molar-refractivity contribution in [3.8, 4) is 6.07 Å². The van der Waals surface area contributed by atoms with Gasteiger partial charge in [-0.2, -0.15) is 5.26 Å². The highest BCUT2D eigenvalue weighted by atomic mass is 35.5. The van der Waals surface area contributed by atoms with Gasteiger partial charge < -0.3 is 10.1 Å². The fourth-order valence-corrected chi connectivity index (χ4v) is 1.79. The lowest BCUT2D eigenvalue weighted by Crippen LogP contribution is -2.46. The van der Waals surface area contributed by atoms with Crippen molar-refractivity contribution >= 4 is 17.3 Å². The fraction of sp³-hybridized carbons (Fsp3) is 0.417. The molecule has 1 heterocycles. The lowest BCUT2D eigenvalue weighted by molar-refractivity contribution is -0.0690. The topological polar surface area (TPSA) is 45.0 Å². The second kappa shape index (κ2) is 4.32. The number of benzene rings is 1. The van der Waals surface area contributed by atoms with Gasteiger partial charge in [0.15, 0.2) is 0 Å². The Bertz CT molecular complexity index is 435. The highest BCUT2D eigenvalue weighted by Crippen LogP contribution is 2.29. The van der Waals surface area contributed by atoms with E-state index in [1.54, 1.807) is 0 Å². The molecule has 0 saturated carbocycles. The maximum Gasteiger partial charge on any atom is 0.121 e. The molecule has 1 aromatic carbocycles. The number of nitrogens with zero attached hydrogens (tertiary/aromatic N) is 1. The summed E-state index contributed by atoms with van der Waals surface area (Å²) < 4.78 is 5.08.